The summed E-state index contributed by atoms with van der Waals surface area (Å²) in [5.74, 6) is 0.402. The van der Waals surface area contributed by atoms with Gasteiger partial charge in [0.15, 0.2) is 5.82 Å². The first-order chi connectivity index (χ1) is 24.2. The van der Waals surface area contributed by atoms with E-state index in [2.05, 4.69) is 97.1 Å². The zero-order valence-electron chi connectivity index (χ0n) is 26.4. The molecule has 0 saturated heterocycles. The van der Waals surface area contributed by atoms with Gasteiger partial charge in [0, 0.05) is 38.4 Å². The predicted octanol–water partition coefficient (Wildman–Crippen LogP) is 11.8. The molecule has 0 fully saturated rings. The molecule has 0 aliphatic heterocycles. The molecule has 2 aromatic heterocycles. The lowest BCUT2D eigenvalue weighted by Gasteiger charge is -2.16. The molecule has 7 aromatic carbocycles. The van der Waals surface area contributed by atoms with E-state index in [1.807, 2.05) is 60.7 Å². The van der Waals surface area contributed by atoms with Crippen LogP contribution in [-0.4, -0.2) is 15.0 Å². The second kappa shape index (κ2) is 11.9. The van der Waals surface area contributed by atoms with Crippen molar-refractivity contribution in [1.29, 1.82) is 0 Å². The van der Waals surface area contributed by atoms with Crippen molar-refractivity contribution in [2.45, 2.75) is 0 Å². The number of pyridine rings is 1. The van der Waals surface area contributed by atoms with E-state index < -0.39 is 0 Å². The van der Waals surface area contributed by atoms with Crippen LogP contribution in [0, 0.1) is 5.82 Å². The highest BCUT2D eigenvalue weighted by molar-refractivity contribution is 6.25. The van der Waals surface area contributed by atoms with Crippen LogP contribution in [0.5, 0.6) is 0 Å². The van der Waals surface area contributed by atoms with Crippen molar-refractivity contribution in [2.24, 2.45) is 0 Å². The van der Waals surface area contributed by atoms with Gasteiger partial charge < -0.3 is 0 Å². The Morgan fingerprint density at radius 2 is 0.898 bits per heavy atom. The topological polar surface area (TPSA) is 38.7 Å². The molecule has 0 radical (unpaired) electrons. The van der Waals surface area contributed by atoms with Gasteiger partial charge >= 0.3 is 0 Å². The Bertz CT molecular complexity index is 2580. The summed E-state index contributed by atoms with van der Waals surface area (Å²) in [6.45, 7) is 0. The van der Waals surface area contributed by atoms with Crippen molar-refractivity contribution in [2.75, 3.05) is 0 Å². The van der Waals surface area contributed by atoms with Crippen LogP contribution in [0.1, 0.15) is 0 Å². The highest BCUT2D eigenvalue weighted by Gasteiger charge is 2.17. The molecule has 0 atom stereocenters. The van der Waals surface area contributed by atoms with Gasteiger partial charge in [-0.1, -0.05) is 127 Å². The first kappa shape index (κ1) is 28.7. The maximum absolute atomic E-state index is 14.0. The average Bonchev–Trinajstić information content (AvgIpc) is 3.18. The molecule has 0 unspecified atom stereocenters. The molecule has 0 saturated carbocycles. The van der Waals surface area contributed by atoms with E-state index in [4.69, 9.17) is 15.0 Å². The van der Waals surface area contributed by atoms with Gasteiger partial charge in [-0.3, -0.25) is 0 Å². The number of para-hydroxylation sites is 1. The van der Waals surface area contributed by atoms with Gasteiger partial charge in [0.05, 0.1) is 22.6 Å². The lowest BCUT2D eigenvalue weighted by atomic mass is 9.89. The van der Waals surface area contributed by atoms with E-state index in [9.17, 15) is 4.39 Å². The van der Waals surface area contributed by atoms with Gasteiger partial charge in [-0.2, -0.15) is 0 Å². The molecular weight excluding hydrogens is 602 g/mol. The molecule has 3 nitrogen and oxygen atoms in total. The van der Waals surface area contributed by atoms with Crippen molar-refractivity contribution in [3.8, 4) is 56.3 Å². The molecule has 49 heavy (non-hydrogen) atoms. The molecule has 4 heteroatoms. The van der Waals surface area contributed by atoms with E-state index in [1.54, 1.807) is 0 Å². The summed E-state index contributed by atoms with van der Waals surface area (Å²) in [5, 5.41) is 5.55. The SMILES string of the molecule is Fc1ccc(-c2nc3ccccc3c3c2cc(-c2ccc(-c4nc(-c5ccccc5)cc(-c5ccccc5)n4)cc2)c2ccccc23)cc1. The third-order valence-corrected chi connectivity index (χ3v) is 9.14. The second-order valence-electron chi connectivity index (χ2n) is 12.1. The van der Waals surface area contributed by atoms with Gasteiger partial charge in [-0.25, -0.2) is 19.3 Å². The number of rotatable bonds is 5. The minimum Gasteiger partial charge on any atom is -0.247 e. The molecule has 0 bridgehead atoms. The molecule has 9 rings (SSSR count). The maximum Gasteiger partial charge on any atom is 0.160 e. The summed E-state index contributed by atoms with van der Waals surface area (Å²) in [5.41, 5.74) is 9.55. The Kier molecular flexibility index (Phi) is 6.98. The van der Waals surface area contributed by atoms with Crippen molar-refractivity contribution in [1.82, 2.24) is 15.0 Å². The third kappa shape index (κ3) is 5.20. The van der Waals surface area contributed by atoms with Gasteiger partial charge in [-0.05, 0) is 64.4 Å². The van der Waals surface area contributed by atoms with Crippen LogP contribution in [-0.2, 0) is 0 Å². The average molecular weight is 630 g/mol. The first-order valence-electron chi connectivity index (χ1n) is 16.3. The van der Waals surface area contributed by atoms with E-state index >= 15 is 0 Å². The van der Waals surface area contributed by atoms with Crippen molar-refractivity contribution in [3.63, 3.8) is 0 Å². The molecule has 0 spiro atoms. The third-order valence-electron chi connectivity index (χ3n) is 9.14. The quantitative estimate of drug-likeness (QED) is 0.178. The maximum atomic E-state index is 14.0. The minimum absolute atomic E-state index is 0.269. The fourth-order valence-electron chi connectivity index (χ4n) is 6.77. The highest BCUT2D eigenvalue weighted by Crippen LogP contribution is 2.42. The summed E-state index contributed by atoms with van der Waals surface area (Å²) >= 11 is 0. The van der Waals surface area contributed by atoms with Crippen LogP contribution >= 0.6 is 0 Å². The van der Waals surface area contributed by atoms with Crippen LogP contribution in [0.2, 0.25) is 0 Å². The van der Waals surface area contributed by atoms with Gasteiger partial charge in [-0.15, -0.1) is 0 Å². The molecule has 9 aromatic rings. The number of benzene rings is 7. The number of nitrogens with zero attached hydrogens (tertiary/aromatic N) is 3. The fourth-order valence-corrected chi connectivity index (χ4v) is 6.77. The monoisotopic (exact) mass is 629 g/mol. The molecule has 2 heterocycles. The molecule has 0 amide bonds. The Hall–Kier alpha value is -6.52. The zero-order chi connectivity index (χ0) is 32.7. The van der Waals surface area contributed by atoms with Gasteiger partial charge in [0.2, 0.25) is 0 Å². The number of fused-ring (bicyclic) bond motifs is 5. The van der Waals surface area contributed by atoms with Crippen LogP contribution in [0.15, 0.2) is 170 Å². The predicted molar refractivity (Wildman–Crippen MR) is 199 cm³/mol. The lowest BCUT2D eigenvalue weighted by molar-refractivity contribution is 0.628. The van der Waals surface area contributed by atoms with Gasteiger partial charge in [0.1, 0.15) is 5.82 Å². The summed E-state index contributed by atoms with van der Waals surface area (Å²) < 4.78 is 14.0. The molecule has 0 aliphatic rings. The van der Waals surface area contributed by atoms with E-state index in [0.717, 1.165) is 82.9 Å². The number of aromatic nitrogens is 3. The Morgan fingerprint density at radius 1 is 0.367 bits per heavy atom. The van der Waals surface area contributed by atoms with Crippen molar-refractivity contribution >= 4 is 32.4 Å². The summed E-state index contributed by atoms with van der Waals surface area (Å²) in [6.07, 6.45) is 0. The Labute approximate surface area is 283 Å². The fraction of sp³-hybridized carbons (Fsp3) is 0. The summed E-state index contributed by atoms with van der Waals surface area (Å²) in [6, 6.07) is 56.6. The summed E-state index contributed by atoms with van der Waals surface area (Å²) in [4.78, 5) is 15.2. The van der Waals surface area contributed by atoms with Crippen LogP contribution < -0.4 is 0 Å². The standard InChI is InChI=1S/C45H28FN3/c46-34-25-23-32(24-26-34)44-39-27-38(35-15-7-8-16-36(35)43(39)37-17-9-10-18-40(37)47-44)29-19-21-33(22-20-29)45-48-41(30-11-3-1-4-12-30)28-42(49-45)31-13-5-2-6-14-31/h1-28H. The number of hydrogen-bond donors (Lipinski definition) is 0. The minimum atomic E-state index is -0.269. The lowest BCUT2D eigenvalue weighted by Crippen LogP contribution is -1.96. The first-order valence-corrected chi connectivity index (χ1v) is 16.3. The van der Waals surface area contributed by atoms with E-state index in [0.29, 0.717) is 5.82 Å². The Morgan fingerprint density at radius 3 is 1.55 bits per heavy atom. The van der Waals surface area contributed by atoms with Crippen molar-refractivity contribution < 1.29 is 4.39 Å². The van der Waals surface area contributed by atoms with E-state index in [1.165, 1.54) is 12.1 Å². The smallest absolute Gasteiger partial charge is 0.160 e. The van der Waals surface area contributed by atoms with Crippen LogP contribution in [0.25, 0.3) is 88.7 Å². The summed E-state index contributed by atoms with van der Waals surface area (Å²) in [7, 11) is 0. The van der Waals surface area contributed by atoms with Crippen molar-refractivity contribution in [3.05, 3.63) is 176 Å². The Balaban J connectivity index is 1.23. The van der Waals surface area contributed by atoms with Crippen LogP contribution in [0.4, 0.5) is 4.39 Å². The molecule has 230 valence electrons. The highest BCUT2D eigenvalue weighted by atomic mass is 19.1. The van der Waals surface area contributed by atoms with Gasteiger partial charge in [0.25, 0.3) is 0 Å². The molecule has 0 N–H and O–H groups in total. The van der Waals surface area contributed by atoms with Crippen LogP contribution in [0.3, 0.4) is 0 Å². The number of hydrogen-bond acceptors (Lipinski definition) is 3. The second-order valence-corrected chi connectivity index (χ2v) is 12.1. The molecule has 0 aliphatic carbocycles. The number of halogens is 1. The normalized spacial score (nSPS) is 11.4. The molecular formula is C45H28FN3. The largest absolute Gasteiger partial charge is 0.247 e. The van der Waals surface area contributed by atoms with E-state index in [-0.39, 0.29) is 5.82 Å². The zero-order valence-corrected chi connectivity index (χ0v) is 26.4.